The van der Waals surface area contributed by atoms with Crippen molar-refractivity contribution in [3.8, 4) is 0 Å². The Morgan fingerprint density at radius 2 is 1.88 bits per heavy atom. The van der Waals surface area contributed by atoms with Crippen molar-refractivity contribution < 1.29 is 24.2 Å². The largest absolute Gasteiger partial charge is 0.480 e. The second-order valence-corrected chi connectivity index (χ2v) is 3.67. The van der Waals surface area contributed by atoms with Crippen LogP contribution in [0.1, 0.15) is 32.6 Å². The van der Waals surface area contributed by atoms with Gasteiger partial charge in [0, 0.05) is 13.0 Å². The van der Waals surface area contributed by atoms with Crippen molar-refractivity contribution in [2.75, 3.05) is 13.2 Å². The number of hydrogen-bond donors (Lipinski definition) is 2. The maximum atomic E-state index is 11.3. The Balaban J connectivity index is 3.64. The molecule has 0 heterocycles. The quantitative estimate of drug-likeness (QED) is 0.418. The van der Waals surface area contributed by atoms with E-state index in [1.807, 2.05) is 0 Å². The highest BCUT2D eigenvalue weighted by Crippen LogP contribution is 2.03. The van der Waals surface area contributed by atoms with E-state index < -0.39 is 23.6 Å². The molecule has 0 aromatic carbocycles. The summed E-state index contributed by atoms with van der Waals surface area (Å²) in [6.45, 7) is 1.96. The maximum Gasteiger partial charge on any atom is 0.320 e. The molecule has 0 spiro atoms. The number of ether oxygens (including phenoxy) is 1. The molecule has 0 bridgehead atoms. The number of carbonyl (C=O) groups excluding carboxylic acids is 2. The van der Waals surface area contributed by atoms with Gasteiger partial charge in [0.05, 0.1) is 0 Å². The van der Waals surface area contributed by atoms with Gasteiger partial charge in [-0.1, -0.05) is 6.42 Å². The second-order valence-electron chi connectivity index (χ2n) is 3.67. The molecule has 0 amide bonds. The Kier molecular flexibility index (Phi) is 8.17. The molecule has 0 aliphatic carbocycles. The molecule has 98 valence electrons. The summed E-state index contributed by atoms with van der Waals surface area (Å²) in [5.74, 6) is -2.06. The van der Waals surface area contributed by atoms with Gasteiger partial charge in [-0.15, -0.1) is 0 Å². The minimum Gasteiger partial charge on any atom is -0.480 e. The van der Waals surface area contributed by atoms with Crippen molar-refractivity contribution in [3.63, 3.8) is 0 Å². The molecule has 6 heteroatoms. The lowest BCUT2D eigenvalue weighted by Gasteiger charge is -2.05. The van der Waals surface area contributed by atoms with Gasteiger partial charge in [0.25, 0.3) is 0 Å². The zero-order valence-corrected chi connectivity index (χ0v) is 9.98. The van der Waals surface area contributed by atoms with Crippen LogP contribution < -0.4 is 5.73 Å². The van der Waals surface area contributed by atoms with Gasteiger partial charge in [0.2, 0.25) is 11.6 Å². The van der Waals surface area contributed by atoms with E-state index in [4.69, 9.17) is 15.6 Å². The topological polar surface area (TPSA) is 107 Å². The van der Waals surface area contributed by atoms with Crippen LogP contribution >= 0.6 is 0 Å². The van der Waals surface area contributed by atoms with E-state index in [-0.39, 0.29) is 13.0 Å². The first-order valence-corrected chi connectivity index (χ1v) is 5.61. The predicted molar refractivity (Wildman–Crippen MR) is 60.6 cm³/mol. The molecule has 0 aliphatic rings. The molecule has 0 aliphatic heterocycles. The number of nitrogens with two attached hydrogens (primary N) is 1. The highest BCUT2D eigenvalue weighted by Gasteiger charge is 2.14. The lowest BCUT2D eigenvalue weighted by atomic mass is 10.1. The summed E-state index contributed by atoms with van der Waals surface area (Å²) in [4.78, 5) is 32.8. The first kappa shape index (κ1) is 15.7. The molecule has 0 saturated heterocycles. The molecule has 0 fully saturated rings. The summed E-state index contributed by atoms with van der Waals surface area (Å²) in [5.41, 5.74) is 5.29. The van der Waals surface area contributed by atoms with E-state index in [1.165, 1.54) is 0 Å². The van der Waals surface area contributed by atoms with Crippen molar-refractivity contribution >= 4 is 17.5 Å². The monoisotopic (exact) mass is 245 g/mol. The van der Waals surface area contributed by atoms with Crippen molar-refractivity contribution in [3.05, 3.63) is 0 Å². The highest BCUT2D eigenvalue weighted by molar-refractivity contribution is 6.37. The van der Waals surface area contributed by atoms with Gasteiger partial charge in [-0.3, -0.25) is 14.4 Å². The Bertz CT molecular complexity index is 277. The minimum absolute atomic E-state index is 0.123. The number of Topliss-reactive ketones (excluding diaryl/α,β-unsaturated/α-hetero) is 2. The molecule has 0 aromatic heterocycles. The number of unbranched alkanes of at least 4 members (excludes halogenated alkanes) is 1. The normalized spacial score (nSPS) is 12.1. The Labute approximate surface area is 100 Å². The van der Waals surface area contributed by atoms with E-state index >= 15 is 0 Å². The lowest BCUT2D eigenvalue weighted by Crippen LogP contribution is -2.29. The van der Waals surface area contributed by atoms with Gasteiger partial charge in [-0.05, 0) is 19.8 Å². The lowest BCUT2D eigenvalue weighted by molar-refractivity contribution is -0.139. The minimum atomic E-state index is -1.05. The van der Waals surface area contributed by atoms with Crippen molar-refractivity contribution in [2.24, 2.45) is 5.73 Å². The molecule has 17 heavy (non-hydrogen) atoms. The molecular formula is C11H19NO5. The van der Waals surface area contributed by atoms with Gasteiger partial charge in [-0.25, -0.2) is 0 Å². The molecule has 1 unspecified atom stereocenters. The van der Waals surface area contributed by atoms with E-state index in [1.54, 1.807) is 6.92 Å². The van der Waals surface area contributed by atoms with Crippen molar-refractivity contribution in [1.29, 1.82) is 0 Å². The number of hydrogen-bond acceptors (Lipinski definition) is 5. The van der Waals surface area contributed by atoms with Gasteiger partial charge in [0.1, 0.15) is 12.6 Å². The Hall–Kier alpha value is -1.27. The number of aliphatic carboxylic acids is 1. The highest BCUT2D eigenvalue weighted by atomic mass is 16.5. The van der Waals surface area contributed by atoms with Crippen LogP contribution in [0.4, 0.5) is 0 Å². The first-order valence-electron chi connectivity index (χ1n) is 5.61. The zero-order valence-electron chi connectivity index (χ0n) is 9.98. The number of carbonyl (C=O) groups is 3. The number of carboxylic acids is 1. The summed E-state index contributed by atoms with van der Waals surface area (Å²) in [5, 5.41) is 8.51. The van der Waals surface area contributed by atoms with Crippen LogP contribution in [0.2, 0.25) is 0 Å². The molecule has 0 rings (SSSR count). The molecule has 3 N–H and O–H groups in total. The summed E-state index contributed by atoms with van der Waals surface area (Å²) < 4.78 is 4.82. The number of rotatable bonds is 10. The van der Waals surface area contributed by atoms with Gasteiger partial charge >= 0.3 is 5.97 Å². The van der Waals surface area contributed by atoms with Gasteiger partial charge in [0.15, 0.2) is 0 Å². The van der Waals surface area contributed by atoms with Crippen LogP contribution in [-0.4, -0.2) is 41.9 Å². The standard InChI is InChI=1S/C11H19NO5/c1-2-17-7-10(14)9(13)6-4-3-5-8(12)11(15)16/h8H,2-7,12H2,1H3,(H,15,16). The number of carboxylic acid groups (broad SMARTS) is 1. The van der Waals surface area contributed by atoms with Gasteiger partial charge in [-0.2, -0.15) is 0 Å². The summed E-state index contributed by atoms with van der Waals surface area (Å²) in [6, 6.07) is -0.899. The summed E-state index contributed by atoms with van der Waals surface area (Å²) in [6.07, 6.45) is 1.42. The molecule has 0 saturated carbocycles. The maximum absolute atomic E-state index is 11.3. The molecule has 0 radical (unpaired) electrons. The van der Waals surface area contributed by atoms with Crippen LogP contribution in [0, 0.1) is 0 Å². The van der Waals surface area contributed by atoms with Crippen molar-refractivity contribution in [1.82, 2.24) is 0 Å². The third kappa shape index (κ3) is 7.59. The smallest absolute Gasteiger partial charge is 0.320 e. The van der Waals surface area contributed by atoms with E-state index in [0.717, 1.165) is 0 Å². The Morgan fingerprint density at radius 1 is 1.24 bits per heavy atom. The zero-order chi connectivity index (χ0) is 13.3. The SMILES string of the molecule is CCOCC(=O)C(=O)CCCCC(N)C(=O)O. The van der Waals surface area contributed by atoms with E-state index in [9.17, 15) is 14.4 Å². The third-order valence-electron chi connectivity index (χ3n) is 2.23. The fourth-order valence-electron chi connectivity index (χ4n) is 1.19. The van der Waals surface area contributed by atoms with Gasteiger partial charge < -0.3 is 15.6 Å². The van der Waals surface area contributed by atoms with Crippen LogP contribution in [0.25, 0.3) is 0 Å². The molecular weight excluding hydrogens is 226 g/mol. The number of ketones is 2. The van der Waals surface area contributed by atoms with Crippen LogP contribution in [0.5, 0.6) is 0 Å². The predicted octanol–water partition coefficient (Wildman–Crippen LogP) is 0.133. The summed E-state index contributed by atoms with van der Waals surface area (Å²) >= 11 is 0. The van der Waals surface area contributed by atoms with Crippen molar-refractivity contribution in [2.45, 2.75) is 38.6 Å². The second kappa shape index (κ2) is 8.83. The van der Waals surface area contributed by atoms with E-state index in [0.29, 0.717) is 25.9 Å². The first-order chi connectivity index (χ1) is 7.99. The Morgan fingerprint density at radius 3 is 2.41 bits per heavy atom. The summed E-state index contributed by atoms with van der Waals surface area (Å²) in [7, 11) is 0. The molecule has 6 nitrogen and oxygen atoms in total. The van der Waals surface area contributed by atoms with Crippen LogP contribution in [-0.2, 0) is 19.1 Å². The molecule has 1 atom stereocenters. The fourth-order valence-corrected chi connectivity index (χ4v) is 1.19. The third-order valence-corrected chi connectivity index (χ3v) is 2.23. The molecule has 0 aromatic rings. The average molecular weight is 245 g/mol. The van der Waals surface area contributed by atoms with E-state index in [2.05, 4.69) is 0 Å². The average Bonchev–Trinajstić information content (AvgIpc) is 2.30. The fraction of sp³-hybridized carbons (Fsp3) is 0.727. The van der Waals surface area contributed by atoms with Crippen LogP contribution in [0.3, 0.4) is 0 Å². The van der Waals surface area contributed by atoms with Crippen LogP contribution in [0.15, 0.2) is 0 Å².